The Morgan fingerprint density at radius 1 is 1.40 bits per heavy atom. The van der Waals surface area contributed by atoms with Gasteiger partial charge >= 0.3 is 6.03 Å². The number of hydrogen-bond donors (Lipinski definition) is 1. The quantitative estimate of drug-likeness (QED) is 0.685. The van der Waals surface area contributed by atoms with E-state index in [0.717, 1.165) is 39.0 Å². The molecule has 1 saturated carbocycles. The number of hydrogen-bond acceptors (Lipinski definition) is 2. The van der Waals surface area contributed by atoms with Crippen LogP contribution in [0.4, 0.5) is 4.79 Å². The van der Waals surface area contributed by atoms with Crippen molar-refractivity contribution in [2.75, 3.05) is 33.2 Å². The van der Waals surface area contributed by atoms with E-state index in [1.165, 1.54) is 12.8 Å². The Balaban J connectivity index is 1.80. The lowest BCUT2D eigenvalue weighted by molar-refractivity contribution is 0.126. The van der Waals surface area contributed by atoms with Crippen molar-refractivity contribution in [1.29, 1.82) is 0 Å². The summed E-state index contributed by atoms with van der Waals surface area (Å²) >= 11 is 0. The third kappa shape index (κ3) is 2.62. The van der Waals surface area contributed by atoms with Gasteiger partial charge in [-0.3, -0.25) is 0 Å². The van der Waals surface area contributed by atoms with Crippen molar-refractivity contribution in [2.24, 2.45) is 0 Å². The second-order valence-corrected chi connectivity index (χ2v) is 4.50. The third-order valence-electron chi connectivity index (χ3n) is 3.19. The molecule has 2 amide bonds. The molecule has 1 saturated heterocycles. The van der Waals surface area contributed by atoms with E-state index in [-0.39, 0.29) is 6.03 Å². The second-order valence-electron chi connectivity index (χ2n) is 4.50. The molecule has 2 rings (SSSR count). The molecule has 4 nitrogen and oxygen atoms in total. The molecule has 0 unspecified atom stereocenters. The van der Waals surface area contributed by atoms with Gasteiger partial charge in [0.25, 0.3) is 0 Å². The highest BCUT2D eigenvalue weighted by Crippen LogP contribution is 2.29. The third-order valence-corrected chi connectivity index (χ3v) is 3.19. The molecule has 4 heteroatoms. The van der Waals surface area contributed by atoms with Crippen molar-refractivity contribution in [1.82, 2.24) is 15.1 Å². The van der Waals surface area contributed by atoms with Crippen molar-refractivity contribution in [3.63, 3.8) is 0 Å². The number of nitrogens with zero attached hydrogens (tertiary/aromatic N) is 2. The van der Waals surface area contributed by atoms with Crippen molar-refractivity contribution in [3.8, 4) is 0 Å². The predicted octanol–water partition coefficient (Wildman–Crippen LogP) is 0.886. The normalized spacial score (nSPS) is 22.3. The van der Waals surface area contributed by atoms with Gasteiger partial charge in [0, 0.05) is 25.7 Å². The monoisotopic (exact) mass is 211 g/mol. The van der Waals surface area contributed by atoms with Crippen LogP contribution in [0.1, 0.15) is 25.7 Å². The Bertz CT molecular complexity index is 228. The van der Waals surface area contributed by atoms with Crippen LogP contribution in [-0.2, 0) is 0 Å². The zero-order chi connectivity index (χ0) is 10.7. The number of carbonyl (C=O) groups is 1. The number of urea groups is 1. The molecule has 0 atom stereocenters. The van der Waals surface area contributed by atoms with Crippen LogP contribution in [0.15, 0.2) is 0 Å². The van der Waals surface area contributed by atoms with E-state index in [1.54, 1.807) is 0 Å². The number of rotatable bonds is 5. The molecule has 2 aliphatic rings. The summed E-state index contributed by atoms with van der Waals surface area (Å²) in [6.45, 7) is 3.83. The molecule has 0 bridgehead atoms. The number of carbonyl (C=O) groups excluding carboxylic acids is 1. The Morgan fingerprint density at radius 3 is 2.87 bits per heavy atom. The molecule has 0 aromatic carbocycles. The Hall–Kier alpha value is -0.770. The summed E-state index contributed by atoms with van der Waals surface area (Å²) in [7, 11) is 1.95. The van der Waals surface area contributed by atoms with Crippen LogP contribution in [-0.4, -0.2) is 55.1 Å². The summed E-state index contributed by atoms with van der Waals surface area (Å²) in [5, 5.41) is 3.12. The average molecular weight is 211 g/mol. The van der Waals surface area contributed by atoms with Crippen LogP contribution < -0.4 is 5.32 Å². The molecule has 0 spiro atoms. The lowest BCUT2D eigenvalue weighted by Crippen LogP contribution is -2.50. The van der Waals surface area contributed by atoms with E-state index in [2.05, 4.69) is 10.2 Å². The average Bonchev–Trinajstić information content (AvgIpc) is 3.05. The van der Waals surface area contributed by atoms with Gasteiger partial charge in [-0.05, 0) is 39.3 Å². The van der Waals surface area contributed by atoms with Gasteiger partial charge < -0.3 is 15.1 Å². The van der Waals surface area contributed by atoms with Crippen LogP contribution >= 0.6 is 0 Å². The van der Waals surface area contributed by atoms with E-state index in [1.807, 2.05) is 11.9 Å². The minimum absolute atomic E-state index is 0.278. The van der Waals surface area contributed by atoms with Gasteiger partial charge in [0.1, 0.15) is 0 Å². The minimum atomic E-state index is 0.278. The largest absolute Gasteiger partial charge is 0.325 e. The molecular formula is C11H21N3O. The van der Waals surface area contributed by atoms with Crippen molar-refractivity contribution >= 4 is 6.03 Å². The smallest absolute Gasteiger partial charge is 0.320 e. The van der Waals surface area contributed by atoms with Gasteiger partial charge in [0.05, 0.1) is 0 Å². The topological polar surface area (TPSA) is 35.6 Å². The number of nitrogens with one attached hydrogen (secondary N) is 1. The molecule has 0 aromatic rings. The van der Waals surface area contributed by atoms with E-state index in [9.17, 15) is 4.79 Å². The molecule has 0 radical (unpaired) electrons. The molecule has 1 aliphatic heterocycles. The van der Waals surface area contributed by atoms with E-state index >= 15 is 0 Å². The Morgan fingerprint density at radius 2 is 2.20 bits per heavy atom. The van der Waals surface area contributed by atoms with Crippen LogP contribution in [0.2, 0.25) is 0 Å². The standard InChI is InChI=1S/C11H21N3O/c1-12-6-2-7-13-8-3-9-14(11(13)15)10-4-5-10/h10,12H,2-9H2,1H3. The first-order valence-electron chi connectivity index (χ1n) is 6.03. The fourth-order valence-electron chi connectivity index (χ4n) is 2.18. The fraction of sp³-hybridized carbons (Fsp3) is 0.909. The SMILES string of the molecule is CNCCCN1CCCN(C2CC2)C1=O. The first kappa shape index (κ1) is 10.7. The molecular weight excluding hydrogens is 190 g/mol. The summed E-state index contributed by atoms with van der Waals surface area (Å²) in [6.07, 6.45) is 4.63. The fourth-order valence-corrected chi connectivity index (χ4v) is 2.18. The summed E-state index contributed by atoms with van der Waals surface area (Å²) in [5.41, 5.74) is 0. The lowest BCUT2D eigenvalue weighted by Gasteiger charge is -2.35. The van der Waals surface area contributed by atoms with E-state index in [0.29, 0.717) is 6.04 Å². The van der Waals surface area contributed by atoms with E-state index in [4.69, 9.17) is 0 Å². The number of amides is 2. The molecule has 1 N–H and O–H groups in total. The molecule has 86 valence electrons. The molecule has 1 heterocycles. The summed E-state index contributed by atoms with van der Waals surface area (Å²) in [5.74, 6) is 0. The van der Waals surface area contributed by atoms with Crippen LogP contribution in [0, 0.1) is 0 Å². The maximum absolute atomic E-state index is 12.0. The van der Waals surface area contributed by atoms with Gasteiger partial charge in [0.2, 0.25) is 0 Å². The minimum Gasteiger partial charge on any atom is -0.325 e. The highest BCUT2D eigenvalue weighted by Gasteiger charge is 2.36. The van der Waals surface area contributed by atoms with Gasteiger partial charge in [-0.25, -0.2) is 4.79 Å². The lowest BCUT2D eigenvalue weighted by atomic mass is 10.2. The van der Waals surface area contributed by atoms with E-state index < -0.39 is 0 Å². The summed E-state index contributed by atoms with van der Waals surface area (Å²) in [6, 6.07) is 0.851. The van der Waals surface area contributed by atoms with Crippen molar-refractivity contribution in [2.45, 2.75) is 31.7 Å². The maximum atomic E-state index is 12.0. The first-order valence-corrected chi connectivity index (χ1v) is 6.03. The molecule has 0 aromatic heterocycles. The van der Waals surface area contributed by atoms with Crippen molar-refractivity contribution in [3.05, 3.63) is 0 Å². The maximum Gasteiger partial charge on any atom is 0.320 e. The molecule has 15 heavy (non-hydrogen) atoms. The first-order chi connectivity index (χ1) is 7.33. The zero-order valence-electron chi connectivity index (χ0n) is 9.54. The highest BCUT2D eigenvalue weighted by atomic mass is 16.2. The van der Waals surface area contributed by atoms with Crippen LogP contribution in [0.25, 0.3) is 0 Å². The highest BCUT2D eigenvalue weighted by molar-refractivity contribution is 5.75. The van der Waals surface area contributed by atoms with Crippen LogP contribution in [0.5, 0.6) is 0 Å². The van der Waals surface area contributed by atoms with Gasteiger partial charge in [-0.2, -0.15) is 0 Å². The van der Waals surface area contributed by atoms with Gasteiger partial charge in [0.15, 0.2) is 0 Å². The predicted molar refractivity (Wildman–Crippen MR) is 59.9 cm³/mol. The van der Waals surface area contributed by atoms with Crippen LogP contribution in [0.3, 0.4) is 0 Å². The molecule has 1 aliphatic carbocycles. The van der Waals surface area contributed by atoms with Gasteiger partial charge in [-0.1, -0.05) is 0 Å². The summed E-state index contributed by atoms with van der Waals surface area (Å²) in [4.78, 5) is 16.1. The zero-order valence-corrected chi connectivity index (χ0v) is 9.54. The summed E-state index contributed by atoms with van der Waals surface area (Å²) < 4.78 is 0. The Kier molecular flexibility index (Phi) is 3.46. The Labute approximate surface area is 91.6 Å². The van der Waals surface area contributed by atoms with Crippen molar-refractivity contribution < 1.29 is 4.79 Å². The molecule has 2 fully saturated rings. The second kappa shape index (κ2) is 4.84. The van der Waals surface area contributed by atoms with Gasteiger partial charge in [-0.15, -0.1) is 0 Å².